The predicted octanol–water partition coefficient (Wildman–Crippen LogP) is 5.17. The second-order valence-corrected chi connectivity index (χ2v) is 8.52. The normalized spacial score (nSPS) is 10.3. The molecule has 0 unspecified atom stereocenters. The van der Waals surface area contributed by atoms with Gasteiger partial charge in [-0.2, -0.15) is 0 Å². The van der Waals surface area contributed by atoms with E-state index in [1.807, 2.05) is 12.1 Å². The molecule has 0 aliphatic carbocycles. The van der Waals surface area contributed by atoms with Crippen molar-refractivity contribution in [3.05, 3.63) is 55.9 Å². The minimum Gasteiger partial charge on any atom is -0.478 e. The summed E-state index contributed by atoms with van der Waals surface area (Å²) in [5.74, 6) is -1.29. The molecule has 5 nitrogen and oxygen atoms in total. The molecule has 0 aliphatic heterocycles. The van der Waals surface area contributed by atoms with Crippen LogP contribution in [0.25, 0.3) is 0 Å². The summed E-state index contributed by atoms with van der Waals surface area (Å²) < 4.78 is 1.10. The second kappa shape index (κ2) is 9.70. The molecule has 0 aliphatic rings. The number of anilines is 1. The third-order valence-electron chi connectivity index (χ3n) is 2.96. The smallest absolute Gasteiger partial charge is 0.337 e. The largest absolute Gasteiger partial charge is 0.478 e. The van der Waals surface area contributed by atoms with Crippen LogP contribution in [0.4, 0.5) is 5.69 Å². The van der Waals surface area contributed by atoms with Crippen molar-refractivity contribution in [2.24, 2.45) is 0 Å². The molecular formula is C16H11Br2ClN2O3S2. The first kappa shape index (κ1) is 21.2. The summed E-state index contributed by atoms with van der Waals surface area (Å²) >= 11 is 18.8. The molecule has 0 spiro atoms. The molecule has 0 fully saturated rings. The molecule has 0 heterocycles. The topological polar surface area (TPSA) is 78.4 Å². The zero-order chi connectivity index (χ0) is 19.3. The molecule has 0 bridgehead atoms. The molecule has 10 heteroatoms. The first-order valence-corrected chi connectivity index (χ1v) is 10.3. The Morgan fingerprint density at radius 3 is 2.46 bits per heavy atom. The van der Waals surface area contributed by atoms with Gasteiger partial charge in [0.05, 0.1) is 17.0 Å². The Morgan fingerprint density at radius 1 is 1.19 bits per heavy atom. The van der Waals surface area contributed by atoms with Gasteiger partial charge in [0.2, 0.25) is 5.91 Å². The highest BCUT2D eigenvalue weighted by atomic mass is 79.9. The van der Waals surface area contributed by atoms with Crippen molar-refractivity contribution in [3.8, 4) is 0 Å². The summed E-state index contributed by atoms with van der Waals surface area (Å²) in [5.41, 5.74) is 0.273. The number of halogens is 3. The van der Waals surface area contributed by atoms with E-state index in [1.54, 1.807) is 18.2 Å². The van der Waals surface area contributed by atoms with E-state index in [4.69, 9.17) is 23.8 Å². The fourth-order valence-electron chi connectivity index (χ4n) is 1.86. The van der Waals surface area contributed by atoms with Gasteiger partial charge < -0.3 is 15.7 Å². The third kappa shape index (κ3) is 6.24. The maximum Gasteiger partial charge on any atom is 0.337 e. The van der Waals surface area contributed by atoms with Gasteiger partial charge in [0.15, 0.2) is 5.11 Å². The lowest BCUT2D eigenvalue weighted by Gasteiger charge is -2.14. The molecule has 0 atom stereocenters. The quantitative estimate of drug-likeness (QED) is 0.360. The Hall–Kier alpha value is -1.13. The van der Waals surface area contributed by atoms with Gasteiger partial charge in [-0.3, -0.25) is 4.79 Å². The Kier molecular flexibility index (Phi) is 7.90. The number of amides is 1. The molecule has 3 N–H and O–H groups in total. The van der Waals surface area contributed by atoms with Crippen LogP contribution in [-0.4, -0.2) is 27.8 Å². The van der Waals surface area contributed by atoms with Gasteiger partial charge in [0.25, 0.3) is 0 Å². The van der Waals surface area contributed by atoms with Crippen LogP contribution in [0, 0.1) is 0 Å². The fourth-order valence-corrected chi connectivity index (χ4v) is 4.22. The number of carbonyl (C=O) groups is 2. The number of nitrogens with one attached hydrogen (secondary N) is 2. The number of hydrogen-bond acceptors (Lipinski definition) is 4. The molecule has 2 aromatic rings. The Labute approximate surface area is 181 Å². The van der Waals surface area contributed by atoms with Gasteiger partial charge >= 0.3 is 5.97 Å². The lowest BCUT2D eigenvalue weighted by Crippen LogP contribution is -2.35. The van der Waals surface area contributed by atoms with Crippen LogP contribution in [0.3, 0.4) is 0 Å². The summed E-state index contributed by atoms with van der Waals surface area (Å²) in [4.78, 5) is 24.3. The number of carbonyl (C=O) groups excluding carboxylic acids is 1. The van der Waals surface area contributed by atoms with Crippen molar-refractivity contribution in [2.45, 2.75) is 4.90 Å². The Balaban J connectivity index is 1.97. The van der Waals surface area contributed by atoms with E-state index in [2.05, 4.69) is 42.5 Å². The number of hydrogen-bond donors (Lipinski definition) is 3. The van der Waals surface area contributed by atoms with E-state index in [0.717, 1.165) is 4.90 Å². The van der Waals surface area contributed by atoms with E-state index in [1.165, 1.54) is 17.8 Å². The predicted molar refractivity (Wildman–Crippen MR) is 115 cm³/mol. The summed E-state index contributed by atoms with van der Waals surface area (Å²) in [7, 11) is 0. The van der Waals surface area contributed by atoms with E-state index in [9.17, 15) is 14.7 Å². The lowest BCUT2D eigenvalue weighted by molar-refractivity contribution is -0.117. The van der Waals surface area contributed by atoms with Gasteiger partial charge in [-0.05, 0) is 64.5 Å². The van der Waals surface area contributed by atoms with E-state index < -0.39 is 5.97 Å². The minimum absolute atomic E-state index is 0.0113. The van der Waals surface area contributed by atoms with Crippen molar-refractivity contribution in [3.63, 3.8) is 0 Å². The number of carboxylic acids is 1. The third-order valence-corrected chi connectivity index (χ3v) is 5.51. The summed E-state index contributed by atoms with van der Waals surface area (Å²) in [6, 6.07) is 10.2. The minimum atomic E-state index is -1.12. The molecule has 1 amide bonds. The van der Waals surface area contributed by atoms with Gasteiger partial charge in [0, 0.05) is 18.9 Å². The molecule has 136 valence electrons. The molecule has 0 radical (unpaired) electrons. The summed E-state index contributed by atoms with van der Waals surface area (Å²) in [5, 5.41) is 15.2. The number of benzene rings is 2. The first-order chi connectivity index (χ1) is 12.3. The fraction of sp³-hybridized carbons (Fsp3) is 0.0625. The van der Waals surface area contributed by atoms with Crippen molar-refractivity contribution in [2.75, 3.05) is 11.1 Å². The molecule has 26 heavy (non-hydrogen) atoms. The van der Waals surface area contributed by atoms with Crippen LogP contribution in [0.2, 0.25) is 5.02 Å². The van der Waals surface area contributed by atoms with Gasteiger partial charge in [-0.1, -0.05) is 27.5 Å². The number of thioether (sulfide) groups is 1. The zero-order valence-electron chi connectivity index (χ0n) is 12.9. The van der Waals surface area contributed by atoms with E-state index in [0.29, 0.717) is 14.0 Å². The highest BCUT2D eigenvalue weighted by molar-refractivity contribution is 9.11. The maximum absolute atomic E-state index is 12.0. The van der Waals surface area contributed by atoms with Crippen LogP contribution in [0.1, 0.15) is 10.4 Å². The highest BCUT2D eigenvalue weighted by Crippen LogP contribution is 2.31. The average Bonchev–Trinajstić information content (AvgIpc) is 2.56. The van der Waals surface area contributed by atoms with Crippen molar-refractivity contribution >= 4 is 90.1 Å². The molecular weight excluding hydrogens is 528 g/mol. The molecule has 0 saturated heterocycles. The number of rotatable bonds is 5. The summed E-state index contributed by atoms with van der Waals surface area (Å²) in [6.45, 7) is 0. The van der Waals surface area contributed by atoms with Crippen LogP contribution in [0.15, 0.2) is 50.2 Å². The molecule has 2 aromatic carbocycles. The summed E-state index contributed by atoms with van der Waals surface area (Å²) in [6.07, 6.45) is 0. The Morgan fingerprint density at radius 2 is 1.85 bits per heavy atom. The van der Waals surface area contributed by atoms with Crippen molar-refractivity contribution in [1.29, 1.82) is 0 Å². The van der Waals surface area contributed by atoms with Crippen molar-refractivity contribution < 1.29 is 14.7 Å². The number of carboxylic acid groups (broad SMARTS) is 1. The Bertz CT molecular complexity index is 863. The monoisotopic (exact) mass is 536 g/mol. The molecule has 2 rings (SSSR count). The standard InChI is InChI=1S/C16H11Br2ClN2O3S2/c17-8-5-11(15(23)24)14(12(18)6-8)21-16(25)20-13(22)7-26-10-3-1-9(19)2-4-10/h1-6H,7H2,(H,23,24)(H2,20,21,22,25). The first-order valence-electron chi connectivity index (χ1n) is 6.98. The van der Waals surface area contributed by atoms with Crippen LogP contribution < -0.4 is 10.6 Å². The molecule has 0 saturated carbocycles. The second-order valence-electron chi connectivity index (χ2n) is 4.86. The van der Waals surface area contributed by atoms with Crippen LogP contribution >= 0.6 is 67.4 Å². The molecule has 0 aromatic heterocycles. The van der Waals surface area contributed by atoms with Gasteiger partial charge in [-0.15, -0.1) is 11.8 Å². The average molecular weight is 539 g/mol. The van der Waals surface area contributed by atoms with E-state index >= 15 is 0 Å². The van der Waals surface area contributed by atoms with Crippen LogP contribution in [-0.2, 0) is 4.79 Å². The van der Waals surface area contributed by atoms with Crippen molar-refractivity contribution in [1.82, 2.24) is 5.32 Å². The van der Waals surface area contributed by atoms with Crippen LogP contribution in [0.5, 0.6) is 0 Å². The van der Waals surface area contributed by atoms with Gasteiger partial charge in [0.1, 0.15) is 0 Å². The maximum atomic E-state index is 12.0. The zero-order valence-corrected chi connectivity index (χ0v) is 18.4. The highest BCUT2D eigenvalue weighted by Gasteiger charge is 2.16. The van der Waals surface area contributed by atoms with E-state index in [-0.39, 0.29) is 28.0 Å². The lowest BCUT2D eigenvalue weighted by atomic mass is 10.2. The van der Waals surface area contributed by atoms with Gasteiger partial charge in [-0.25, -0.2) is 4.79 Å². The number of thiocarbonyl (C=S) groups is 1. The number of aromatic carboxylic acids is 1. The SMILES string of the molecule is O=C(CSc1ccc(Cl)cc1)NC(=S)Nc1c(Br)cc(Br)cc1C(=O)O.